The smallest absolute Gasteiger partial charge is 0.337 e. The van der Waals surface area contributed by atoms with Gasteiger partial charge in [0.1, 0.15) is 13.2 Å². The summed E-state index contributed by atoms with van der Waals surface area (Å²) in [7, 11) is 1.27. The molecule has 25 heavy (non-hydrogen) atoms. The summed E-state index contributed by atoms with van der Waals surface area (Å²) in [4.78, 5) is 24.1. The van der Waals surface area contributed by atoms with Crippen LogP contribution in [0, 0.1) is 0 Å². The van der Waals surface area contributed by atoms with Crippen molar-refractivity contribution < 1.29 is 23.8 Å². The fraction of sp³-hybridized carbons (Fsp3) is 0.176. The molecule has 1 aliphatic heterocycles. The van der Waals surface area contributed by atoms with Crippen LogP contribution < -0.4 is 14.8 Å². The number of ether oxygens (including phenoxy) is 3. The molecule has 2 aromatic carbocycles. The number of amides is 1. The first-order valence-corrected chi connectivity index (χ1v) is 8.03. The molecule has 3 rings (SSSR count). The molecule has 0 fully saturated rings. The quantitative estimate of drug-likeness (QED) is 0.818. The van der Waals surface area contributed by atoms with E-state index in [0.717, 1.165) is 0 Å². The van der Waals surface area contributed by atoms with Crippen LogP contribution in [0.2, 0.25) is 10.0 Å². The number of hydrogen-bond acceptors (Lipinski definition) is 5. The summed E-state index contributed by atoms with van der Waals surface area (Å²) in [5, 5.41) is 3.20. The lowest BCUT2D eigenvalue weighted by atomic mass is 10.1. The third kappa shape index (κ3) is 3.65. The van der Waals surface area contributed by atoms with E-state index >= 15 is 0 Å². The molecular formula is C17H13Cl2NO5. The molecule has 0 atom stereocenters. The molecule has 0 saturated heterocycles. The van der Waals surface area contributed by atoms with Gasteiger partial charge >= 0.3 is 5.97 Å². The number of carbonyl (C=O) groups excluding carboxylic acids is 2. The number of rotatable bonds is 3. The number of halogens is 2. The zero-order chi connectivity index (χ0) is 18.0. The van der Waals surface area contributed by atoms with Crippen LogP contribution in [-0.2, 0) is 4.74 Å². The Bertz CT molecular complexity index is 853. The van der Waals surface area contributed by atoms with E-state index in [1.54, 1.807) is 0 Å². The summed E-state index contributed by atoms with van der Waals surface area (Å²) in [5.41, 5.74) is 0.816. The van der Waals surface area contributed by atoms with E-state index < -0.39 is 11.9 Å². The fourth-order valence-electron chi connectivity index (χ4n) is 2.30. The van der Waals surface area contributed by atoms with Crippen molar-refractivity contribution in [2.24, 2.45) is 0 Å². The van der Waals surface area contributed by atoms with Crippen molar-refractivity contribution in [2.75, 3.05) is 25.6 Å². The van der Waals surface area contributed by atoms with Gasteiger partial charge in [-0.2, -0.15) is 0 Å². The van der Waals surface area contributed by atoms with Crippen LogP contribution in [0.3, 0.4) is 0 Å². The first-order valence-electron chi connectivity index (χ1n) is 7.28. The highest BCUT2D eigenvalue weighted by molar-refractivity contribution is 6.34. The van der Waals surface area contributed by atoms with Crippen LogP contribution >= 0.6 is 23.2 Å². The Morgan fingerprint density at radius 1 is 1.04 bits per heavy atom. The minimum atomic E-state index is -0.533. The Hall–Kier alpha value is -2.44. The average Bonchev–Trinajstić information content (AvgIpc) is 2.62. The van der Waals surface area contributed by atoms with Crippen molar-refractivity contribution in [3.8, 4) is 11.5 Å². The molecule has 0 aliphatic carbocycles. The maximum absolute atomic E-state index is 12.5. The van der Waals surface area contributed by atoms with Gasteiger partial charge in [0.25, 0.3) is 5.91 Å². The van der Waals surface area contributed by atoms with Gasteiger partial charge in [-0.15, -0.1) is 0 Å². The monoisotopic (exact) mass is 381 g/mol. The molecule has 0 saturated carbocycles. The standard InChI is InChI=1S/C17H13Cl2NO5/c1-23-17(22)9-2-3-11(18)13(7-9)20-16(21)10-6-12(19)15-14(8-10)24-4-5-25-15/h2-3,6-8H,4-5H2,1H3,(H,20,21). The lowest BCUT2D eigenvalue weighted by Crippen LogP contribution is -2.18. The second-order valence-electron chi connectivity index (χ2n) is 5.12. The number of nitrogens with one attached hydrogen (secondary N) is 1. The summed E-state index contributed by atoms with van der Waals surface area (Å²) < 4.78 is 15.5. The van der Waals surface area contributed by atoms with Crippen molar-refractivity contribution in [1.82, 2.24) is 0 Å². The van der Waals surface area contributed by atoms with Gasteiger partial charge < -0.3 is 19.5 Å². The van der Waals surface area contributed by atoms with Gasteiger partial charge in [-0.3, -0.25) is 4.79 Å². The lowest BCUT2D eigenvalue weighted by molar-refractivity contribution is 0.0600. The summed E-state index contributed by atoms with van der Waals surface area (Å²) >= 11 is 12.2. The van der Waals surface area contributed by atoms with Gasteiger partial charge in [-0.1, -0.05) is 23.2 Å². The number of esters is 1. The van der Waals surface area contributed by atoms with E-state index in [2.05, 4.69) is 10.1 Å². The molecule has 0 spiro atoms. The number of hydrogen-bond donors (Lipinski definition) is 1. The number of methoxy groups -OCH3 is 1. The SMILES string of the molecule is COC(=O)c1ccc(Cl)c(NC(=O)c2cc(Cl)c3c(c2)OCCO3)c1. The van der Waals surface area contributed by atoms with Crippen LogP contribution in [0.15, 0.2) is 30.3 Å². The maximum atomic E-state index is 12.5. The highest BCUT2D eigenvalue weighted by Gasteiger charge is 2.20. The van der Waals surface area contributed by atoms with Gasteiger partial charge in [-0.05, 0) is 30.3 Å². The van der Waals surface area contributed by atoms with Crippen molar-refractivity contribution in [3.05, 3.63) is 51.5 Å². The van der Waals surface area contributed by atoms with E-state index in [1.807, 2.05) is 0 Å². The molecule has 1 heterocycles. The summed E-state index contributed by atoms with van der Waals surface area (Å²) in [6.45, 7) is 0.773. The first-order chi connectivity index (χ1) is 12.0. The molecule has 0 bridgehead atoms. The molecule has 0 aromatic heterocycles. The Morgan fingerprint density at radius 2 is 1.80 bits per heavy atom. The fourth-order valence-corrected chi connectivity index (χ4v) is 2.73. The molecule has 1 amide bonds. The van der Waals surface area contributed by atoms with Gasteiger partial charge in [-0.25, -0.2) is 4.79 Å². The molecule has 8 heteroatoms. The second-order valence-corrected chi connectivity index (χ2v) is 5.94. The van der Waals surface area contributed by atoms with Gasteiger partial charge in [0, 0.05) is 5.56 Å². The number of benzene rings is 2. The minimum Gasteiger partial charge on any atom is -0.486 e. The van der Waals surface area contributed by atoms with Crippen LogP contribution in [0.4, 0.5) is 5.69 Å². The van der Waals surface area contributed by atoms with Gasteiger partial charge in [0.05, 0.1) is 28.4 Å². The zero-order valence-corrected chi connectivity index (χ0v) is 14.6. The third-order valence-corrected chi connectivity index (χ3v) is 4.11. The van der Waals surface area contributed by atoms with Gasteiger partial charge in [0.15, 0.2) is 11.5 Å². The molecule has 1 aliphatic rings. The molecule has 0 unspecified atom stereocenters. The topological polar surface area (TPSA) is 73.9 Å². The second kappa shape index (κ2) is 7.21. The summed E-state index contributed by atoms with van der Waals surface area (Å²) in [5.74, 6) is -0.175. The van der Waals surface area contributed by atoms with E-state index in [0.29, 0.717) is 24.7 Å². The van der Waals surface area contributed by atoms with Crippen LogP contribution in [0.5, 0.6) is 11.5 Å². The normalized spacial score (nSPS) is 12.4. The number of anilines is 1. The van der Waals surface area contributed by atoms with Crippen LogP contribution in [0.25, 0.3) is 0 Å². The lowest BCUT2D eigenvalue weighted by Gasteiger charge is -2.20. The number of fused-ring (bicyclic) bond motifs is 1. The Morgan fingerprint density at radius 3 is 2.56 bits per heavy atom. The molecule has 130 valence electrons. The third-order valence-electron chi connectivity index (χ3n) is 3.49. The molecular weight excluding hydrogens is 369 g/mol. The maximum Gasteiger partial charge on any atom is 0.337 e. The van der Waals surface area contributed by atoms with E-state index in [9.17, 15) is 9.59 Å². The van der Waals surface area contributed by atoms with Crippen molar-refractivity contribution in [2.45, 2.75) is 0 Å². The largest absolute Gasteiger partial charge is 0.486 e. The molecule has 0 radical (unpaired) electrons. The van der Waals surface area contributed by atoms with Gasteiger partial charge in [0.2, 0.25) is 0 Å². The Labute approximate surface area is 153 Å². The van der Waals surface area contributed by atoms with E-state index in [-0.39, 0.29) is 26.9 Å². The van der Waals surface area contributed by atoms with E-state index in [1.165, 1.54) is 37.4 Å². The van der Waals surface area contributed by atoms with Crippen molar-refractivity contribution in [3.63, 3.8) is 0 Å². The zero-order valence-electron chi connectivity index (χ0n) is 13.1. The summed E-state index contributed by atoms with van der Waals surface area (Å²) in [6.07, 6.45) is 0. The highest BCUT2D eigenvalue weighted by Crippen LogP contribution is 2.38. The predicted molar refractivity (Wildman–Crippen MR) is 93.2 cm³/mol. The van der Waals surface area contributed by atoms with Crippen molar-refractivity contribution >= 4 is 40.8 Å². The molecule has 2 aromatic rings. The van der Waals surface area contributed by atoms with E-state index in [4.69, 9.17) is 32.7 Å². The molecule has 1 N–H and O–H groups in total. The Balaban J connectivity index is 1.88. The summed E-state index contributed by atoms with van der Waals surface area (Å²) in [6, 6.07) is 7.45. The molecule has 6 nitrogen and oxygen atoms in total. The van der Waals surface area contributed by atoms with Crippen LogP contribution in [-0.4, -0.2) is 32.2 Å². The first kappa shape index (κ1) is 17.4. The number of carbonyl (C=O) groups is 2. The van der Waals surface area contributed by atoms with Crippen molar-refractivity contribution in [1.29, 1.82) is 0 Å². The minimum absolute atomic E-state index is 0.266. The highest BCUT2D eigenvalue weighted by atomic mass is 35.5. The van der Waals surface area contributed by atoms with Crippen LogP contribution in [0.1, 0.15) is 20.7 Å². The Kier molecular flexibility index (Phi) is 5.01. The predicted octanol–water partition coefficient (Wildman–Crippen LogP) is 3.80. The average molecular weight is 382 g/mol.